The molecule has 1 aliphatic heterocycles. The second-order valence-electron chi connectivity index (χ2n) is 4.92. The van der Waals surface area contributed by atoms with Crippen LogP contribution in [0.2, 0.25) is 0 Å². The van der Waals surface area contributed by atoms with Crippen molar-refractivity contribution in [2.24, 2.45) is 0 Å². The monoisotopic (exact) mass is 236 g/mol. The van der Waals surface area contributed by atoms with Crippen LogP contribution < -0.4 is 10.2 Å². The van der Waals surface area contributed by atoms with Gasteiger partial charge in [0.25, 0.3) is 0 Å². The molecule has 3 heteroatoms. The lowest BCUT2D eigenvalue weighted by molar-refractivity contribution is 0.475. The van der Waals surface area contributed by atoms with Crippen LogP contribution in [-0.4, -0.2) is 25.7 Å². The Bertz CT molecular complexity index is 378. The Hall–Kier alpha value is -1.09. The number of nitrogens with one attached hydrogen (secondary N) is 1. The molecular weight excluding hydrogens is 215 g/mol. The molecule has 0 aliphatic carbocycles. The van der Waals surface area contributed by atoms with Gasteiger partial charge in [0.1, 0.15) is 5.82 Å². The van der Waals surface area contributed by atoms with Crippen LogP contribution >= 0.6 is 0 Å². The van der Waals surface area contributed by atoms with Crippen LogP contribution in [0.25, 0.3) is 0 Å². The van der Waals surface area contributed by atoms with E-state index in [-0.39, 0.29) is 5.82 Å². The average molecular weight is 236 g/mol. The Kier molecular flexibility index (Phi) is 4.00. The first-order valence-corrected chi connectivity index (χ1v) is 6.41. The first kappa shape index (κ1) is 12.4. The fraction of sp³-hybridized carbons (Fsp3) is 0.571. The lowest BCUT2D eigenvalue weighted by Gasteiger charge is -2.29. The normalized spacial score (nSPS) is 22.1. The lowest BCUT2D eigenvalue weighted by atomic mass is 10.1. The van der Waals surface area contributed by atoms with E-state index in [2.05, 4.69) is 17.1 Å². The van der Waals surface area contributed by atoms with Gasteiger partial charge in [-0.05, 0) is 57.0 Å². The van der Waals surface area contributed by atoms with Crippen molar-refractivity contribution in [3.8, 4) is 0 Å². The van der Waals surface area contributed by atoms with Gasteiger partial charge in [-0.3, -0.25) is 0 Å². The van der Waals surface area contributed by atoms with Crippen molar-refractivity contribution in [3.63, 3.8) is 0 Å². The first-order chi connectivity index (χ1) is 8.16. The molecule has 17 heavy (non-hydrogen) atoms. The van der Waals surface area contributed by atoms with Gasteiger partial charge >= 0.3 is 0 Å². The third-order valence-corrected chi connectivity index (χ3v) is 3.44. The largest absolute Gasteiger partial charge is 0.371 e. The van der Waals surface area contributed by atoms with Gasteiger partial charge in [-0.1, -0.05) is 0 Å². The van der Waals surface area contributed by atoms with Gasteiger partial charge in [0.05, 0.1) is 0 Å². The molecule has 1 saturated heterocycles. The fourth-order valence-electron chi connectivity index (χ4n) is 2.27. The van der Waals surface area contributed by atoms with E-state index in [1.807, 2.05) is 19.1 Å². The number of nitrogens with zero attached hydrogens (tertiary/aromatic N) is 1. The molecule has 0 spiro atoms. The predicted molar refractivity (Wildman–Crippen MR) is 70.0 cm³/mol. The molecule has 1 aromatic carbocycles. The minimum Gasteiger partial charge on any atom is -0.371 e. The Labute approximate surface area is 103 Å². The molecule has 1 heterocycles. The summed E-state index contributed by atoms with van der Waals surface area (Å²) < 4.78 is 13.2. The summed E-state index contributed by atoms with van der Waals surface area (Å²) >= 11 is 0. The van der Waals surface area contributed by atoms with E-state index in [1.165, 1.54) is 0 Å². The summed E-state index contributed by atoms with van der Waals surface area (Å²) in [6, 6.07) is 5.99. The van der Waals surface area contributed by atoms with Crippen LogP contribution in [0.4, 0.5) is 10.1 Å². The molecule has 0 radical (unpaired) electrons. The molecule has 1 N–H and O–H groups in total. The lowest BCUT2D eigenvalue weighted by Crippen LogP contribution is -2.38. The Morgan fingerprint density at radius 3 is 2.94 bits per heavy atom. The fourth-order valence-corrected chi connectivity index (χ4v) is 2.27. The molecule has 0 aromatic heterocycles. The van der Waals surface area contributed by atoms with Crippen LogP contribution in [-0.2, 0) is 0 Å². The van der Waals surface area contributed by atoms with Crippen molar-refractivity contribution in [2.75, 3.05) is 24.5 Å². The van der Waals surface area contributed by atoms with Gasteiger partial charge in [0, 0.05) is 24.8 Å². The van der Waals surface area contributed by atoms with Crippen molar-refractivity contribution in [2.45, 2.75) is 32.7 Å². The predicted octanol–water partition coefficient (Wildman–Crippen LogP) is 2.71. The SMILES string of the molecule is Cc1cc(N2CCCNC(C)CC2)ccc1F. The zero-order valence-corrected chi connectivity index (χ0v) is 10.7. The van der Waals surface area contributed by atoms with Crippen LogP contribution in [0.5, 0.6) is 0 Å². The van der Waals surface area contributed by atoms with Crippen LogP contribution in [0.3, 0.4) is 0 Å². The van der Waals surface area contributed by atoms with Gasteiger partial charge < -0.3 is 10.2 Å². The molecular formula is C14H21FN2. The quantitative estimate of drug-likeness (QED) is 0.806. The highest BCUT2D eigenvalue weighted by Crippen LogP contribution is 2.19. The molecule has 0 bridgehead atoms. The van der Waals surface area contributed by atoms with Gasteiger partial charge in [-0.2, -0.15) is 0 Å². The van der Waals surface area contributed by atoms with Gasteiger partial charge in [-0.15, -0.1) is 0 Å². The molecule has 1 unspecified atom stereocenters. The molecule has 1 aromatic rings. The third-order valence-electron chi connectivity index (χ3n) is 3.44. The van der Waals surface area contributed by atoms with Gasteiger partial charge in [0.2, 0.25) is 0 Å². The molecule has 1 fully saturated rings. The van der Waals surface area contributed by atoms with E-state index in [9.17, 15) is 4.39 Å². The van der Waals surface area contributed by atoms with E-state index in [1.54, 1.807) is 6.07 Å². The third kappa shape index (κ3) is 3.19. The van der Waals surface area contributed by atoms with E-state index < -0.39 is 0 Å². The molecule has 94 valence electrons. The minimum atomic E-state index is -0.115. The highest BCUT2D eigenvalue weighted by molar-refractivity contribution is 5.48. The topological polar surface area (TPSA) is 15.3 Å². The number of rotatable bonds is 1. The molecule has 2 rings (SSSR count). The smallest absolute Gasteiger partial charge is 0.126 e. The van der Waals surface area contributed by atoms with Crippen LogP contribution in [0.1, 0.15) is 25.3 Å². The van der Waals surface area contributed by atoms with E-state index in [0.717, 1.165) is 43.7 Å². The molecule has 0 amide bonds. The van der Waals surface area contributed by atoms with Crippen molar-refractivity contribution >= 4 is 5.69 Å². The minimum absolute atomic E-state index is 0.115. The standard InChI is InChI=1S/C14H21FN2/c1-11-10-13(4-5-14(11)15)17-8-3-7-16-12(2)6-9-17/h4-5,10,12,16H,3,6-9H2,1-2H3. The number of benzene rings is 1. The van der Waals surface area contributed by atoms with Gasteiger partial charge in [-0.25, -0.2) is 4.39 Å². The van der Waals surface area contributed by atoms with Crippen LogP contribution in [0, 0.1) is 12.7 Å². The van der Waals surface area contributed by atoms with Crippen molar-refractivity contribution < 1.29 is 4.39 Å². The second kappa shape index (κ2) is 5.50. The van der Waals surface area contributed by atoms with E-state index in [0.29, 0.717) is 6.04 Å². The Morgan fingerprint density at radius 1 is 1.35 bits per heavy atom. The summed E-state index contributed by atoms with van der Waals surface area (Å²) in [7, 11) is 0. The molecule has 0 saturated carbocycles. The number of hydrogen-bond acceptors (Lipinski definition) is 2. The number of halogens is 1. The average Bonchev–Trinajstić information content (AvgIpc) is 2.28. The van der Waals surface area contributed by atoms with Crippen molar-refractivity contribution in [1.29, 1.82) is 0 Å². The maximum absolute atomic E-state index is 13.2. The number of hydrogen-bond donors (Lipinski definition) is 1. The Balaban J connectivity index is 2.10. The van der Waals surface area contributed by atoms with E-state index in [4.69, 9.17) is 0 Å². The first-order valence-electron chi connectivity index (χ1n) is 6.41. The maximum Gasteiger partial charge on any atom is 0.126 e. The summed E-state index contributed by atoms with van der Waals surface area (Å²) in [5, 5.41) is 3.49. The summed E-state index contributed by atoms with van der Waals surface area (Å²) in [5.74, 6) is -0.115. The summed E-state index contributed by atoms with van der Waals surface area (Å²) in [5.41, 5.74) is 1.88. The summed E-state index contributed by atoms with van der Waals surface area (Å²) in [6.07, 6.45) is 2.27. The van der Waals surface area contributed by atoms with Crippen molar-refractivity contribution in [1.82, 2.24) is 5.32 Å². The van der Waals surface area contributed by atoms with Crippen molar-refractivity contribution in [3.05, 3.63) is 29.6 Å². The zero-order chi connectivity index (χ0) is 12.3. The molecule has 1 aliphatic rings. The summed E-state index contributed by atoms with van der Waals surface area (Å²) in [6.45, 7) is 7.20. The van der Waals surface area contributed by atoms with E-state index >= 15 is 0 Å². The van der Waals surface area contributed by atoms with Gasteiger partial charge in [0.15, 0.2) is 0 Å². The second-order valence-corrected chi connectivity index (χ2v) is 4.92. The van der Waals surface area contributed by atoms with Crippen LogP contribution in [0.15, 0.2) is 18.2 Å². The number of aryl methyl sites for hydroxylation is 1. The summed E-state index contributed by atoms with van der Waals surface area (Å²) in [4.78, 5) is 2.36. The molecule has 1 atom stereocenters. The Morgan fingerprint density at radius 2 is 2.18 bits per heavy atom. The molecule has 2 nitrogen and oxygen atoms in total. The number of anilines is 1. The zero-order valence-electron chi connectivity index (χ0n) is 10.7. The maximum atomic E-state index is 13.2. The highest BCUT2D eigenvalue weighted by Gasteiger charge is 2.12. The highest BCUT2D eigenvalue weighted by atomic mass is 19.1.